The number of carbonyl (C=O) groups is 1. The highest BCUT2D eigenvalue weighted by molar-refractivity contribution is 5.78. The van der Waals surface area contributed by atoms with Gasteiger partial charge in [0.15, 0.2) is 0 Å². The van der Waals surface area contributed by atoms with Crippen LogP contribution >= 0.6 is 0 Å². The average Bonchev–Trinajstić information content (AvgIpc) is 2.90. The molecule has 22 heavy (non-hydrogen) atoms. The van der Waals surface area contributed by atoms with Crippen molar-refractivity contribution < 1.29 is 9.53 Å². The lowest BCUT2D eigenvalue weighted by molar-refractivity contribution is -0.132. The van der Waals surface area contributed by atoms with E-state index in [1.807, 2.05) is 41.0 Å². The smallest absolute Gasteiger partial charge is 0.228 e. The number of rotatable bonds is 4. The molecule has 0 aromatic carbocycles. The van der Waals surface area contributed by atoms with Gasteiger partial charge in [-0.1, -0.05) is 6.07 Å². The summed E-state index contributed by atoms with van der Waals surface area (Å²) in [4.78, 5) is 18.7. The number of fused-ring (bicyclic) bond motifs is 1. The van der Waals surface area contributed by atoms with Gasteiger partial charge in [-0.15, -0.1) is 0 Å². The Kier molecular flexibility index (Phi) is 4.20. The molecule has 3 heterocycles. The van der Waals surface area contributed by atoms with Crippen LogP contribution in [-0.2, 0) is 29.5 Å². The predicted octanol–water partition coefficient (Wildman–Crippen LogP) is 1.13. The van der Waals surface area contributed by atoms with E-state index in [9.17, 15) is 4.79 Å². The number of aryl methyl sites for hydroxylation is 1. The second-order valence-electron chi connectivity index (χ2n) is 5.59. The maximum absolute atomic E-state index is 12.6. The van der Waals surface area contributed by atoms with Crippen molar-refractivity contribution in [2.45, 2.75) is 18.9 Å². The predicted molar refractivity (Wildman–Crippen MR) is 81.2 cm³/mol. The summed E-state index contributed by atoms with van der Waals surface area (Å²) in [5.74, 6) is 0.266. The first-order valence-electron chi connectivity index (χ1n) is 7.36. The third kappa shape index (κ3) is 2.87. The van der Waals surface area contributed by atoms with E-state index in [0.717, 1.165) is 11.4 Å². The molecular weight excluding hydrogens is 280 g/mol. The van der Waals surface area contributed by atoms with Gasteiger partial charge in [0.2, 0.25) is 5.91 Å². The summed E-state index contributed by atoms with van der Waals surface area (Å²) < 4.78 is 7.15. The molecule has 0 radical (unpaired) electrons. The van der Waals surface area contributed by atoms with E-state index in [2.05, 4.69) is 10.1 Å². The third-order valence-electron chi connectivity index (χ3n) is 4.09. The number of nitrogens with zero attached hydrogens (tertiary/aromatic N) is 4. The minimum atomic E-state index is 0.0895. The Morgan fingerprint density at radius 3 is 3.05 bits per heavy atom. The number of methoxy groups -OCH3 is 1. The molecule has 0 saturated heterocycles. The van der Waals surface area contributed by atoms with Crippen LogP contribution < -0.4 is 0 Å². The number of amides is 1. The summed E-state index contributed by atoms with van der Waals surface area (Å²) in [5, 5.41) is 4.32. The minimum absolute atomic E-state index is 0.0895. The van der Waals surface area contributed by atoms with Crippen LogP contribution in [0.4, 0.5) is 0 Å². The summed E-state index contributed by atoms with van der Waals surface area (Å²) in [6.45, 7) is 1.85. The second kappa shape index (κ2) is 6.27. The van der Waals surface area contributed by atoms with Gasteiger partial charge in [-0.25, -0.2) is 0 Å². The van der Waals surface area contributed by atoms with Crippen molar-refractivity contribution in [3.8, 4) is 0 Å². The summed E-state index contributed by atoms with van der Waals surface area (Å²) in [6.07, 6.45) is 3.93. The molecule has 3 rings (SSSR count). The van der Waals surface area contributed by atoms with Crippen LogP contribution in [0.5, 0.6) is 0 Å². The van der Waals surface area contributed by atoms with Crippen LogP contribution in [0.1, 0.15) is 22.9 Å². The standard InChI is InChI=1S/C16H20N4O2/c1-19-15-10-20(9-12(11-22-2)14(15)8-18-19)16(21)7-13-5-3-4-6-17-13/h3-6,8,12H,7,9-11H2,1-2H3. The van der Waals surface area contributed by atoms with Crippen LogP contribution in [0.3, 0.4) is 0 Å². The van der Waals surface area contributed by atoms with Crippen molar-refractivity contribution in [3.63, 3.8) is 0 Å². The number of hydrogen-bond donors (Lipinski definition) is 0. The maximum atomic E-state index is 12.6. The van der Waals surface area contributed by atoms with Gasteiger partial charge in [-0.2, -0.15) is 5.10 Å². The Morgan fingerprint density at radius 1 is 1.45 bits per heavy atom. The topological polar surface area (TPSA) is 60.2 Å². The fraction of sp³-hybridized carbons (Fsp3) is 0.438. The van der Waals surface area contributed by atoms with Gasteiger partial charge < -0.3 is 9.64 Å². The zero-order chi connectivity index (χ0) is 15.5. The fourth-order valence-corrected chi connectivity index (χ4v) is 2.93. The Labute approximate surface area is 129 Å². The van der Waals surface area contributed by atoms with E-state index < -0.39 is 0 Å². The Morgan fingerprint density at radius 2 is 2.32 bits per heavy atom. The first-order valence-corrected chi connectivity index (χ1v) is 7.36. The van der Waals surface area contributed by atoms with Gasteiger partial charge in [-0.3, -0.25) is 14.5 Å². The zero-order valence-corrected chi connectivity index (χ0v) is 12.9. The minimum Gasteiger partial charge on any atom is -0.384 e. The van der Waals surface area contributed by atoms with Gasteiger partial charge in [-0.05, 0) is 12.1 Å². The SMILES string of the molecule is COCC1CN(C(=O)Cc2ccccn2)Cc2c1cnn2C. The molecule has 1 amide bonds. The number of carbonyl (C=O) groups excluding carboxylic acids is 1. The molecule has 0 aliphatic carbocycles. The molecule has 6 nitrogen and oxygen atoms in total. The molecule has 2 aromatic heterocycles. The monoisotopic (exact) mass is 300 g/mol. The van der Waals surface area contributed by atoms with E-state index in [1.165, 1.54) is 5.56 Å². The summed E-state index contributed by atoms with van der Waals surface area (Å²) in [5.41, 5.74) is 3.07. The number of hydrogen-bond acceptors (Lipinski definition) is 4. The lowest BCUT2D eigenvalue weighted by Gasteiger charge is -2.32. The van der Waals surface area contributed by atoms with Crippen LogP contribution in [0.25, 0.3) is 0 Å². The Balaban J connectivity index is 1.78. The summed E-state index contributed by atoms with van der Waals surface area (Å²) in [6, 6.07) is 5.63. The van der Waals surface area contributed by atoms with Gasteiger partial charge in [0, 0.05) is 44.1 Å². The number of ether oxygens (including phenoxy) is 1. The van der Waals surface area contributed by atoms with Crippen molar-refractivity contribution in [1.82, 2.24) is 19.7 Å². The largest absolute Gasteiger partial charge is 0.384 e. The summed E-state index contributed by atoms with van der Waals surface area (Å²) in [7, 11) is 3.60. The normalized spacial score (nSPS) is 17.4. The molecule has 0 saturated carbocycles. The molecule has 0 bridgehead atoms. The fourth-order valence-electron chi connectivity index (χ4n) is 2.93. The highest BCUT2D eigenvalue weighted by Crippen LogP contribution is 2.28. The molecular formula is C16H20N4O2. The van der Waals surface area contributed by atoms with E-state index in [4.69, 9.17) is 4.74 Å². The van der Waals surface area contributed by atoms with Crippen molar-refractivity contribution >= 4 is 5.91 Å². The molecule has 116 valence electrons. The molecule has 0 N–H and O–H groups in total. The second-order valence-corrected chi connectivity index (χ2v) is 5.59. The highest BCUT2D eigenvalue weighted by Gasteiger charge is 2.30. The van der Waals surface area contributed by atoms with Crippen LogP contribution in [0.2, 0.25) is 0 Å². The lowest BCUT2D eigenvalue weighted by Crippen LogP contribution is -2.40. The van der Waals surface area contributed by atoms with Gasteiger partial charge in [0.1, 0.15) is 0 Å². The van der Waals surface area contributed by atoms with Crippen LogP contribution in [0, 0.1) is 0 Å². The molecule has 2 aromatic rings. The van der Waals surface area contributed by atoms with Crippen molar-refractivity contribution in [2.24, 2.45) is 7.05 Å². The molecule has 6 heteroatoms. The first kappa shape index (κ1) is 14.7. The van der Waals surface area contributed by atoms with E-state index >= 15 is 0 Å². The third-order valence-corrected chi connectivity index (χ3v) is 4.09. The quantitative estimate of drug-likeness (QED) is 0.849. The first-order chi connectivity index (χ1) is 10.7. The van der Waals surface area contributed by atoms with Gasteiger partial charge in [0.05, 0.1) is 31.5 Å². The maximum Gasteiger partial charge on any atom is 0.228 e. The molecule has 1 atom stereocenters. The van der Waals surface area contributed by atoms with E-state index in [1.54, 1.807) is 13.3 Å². The van der Waals surface area contributed by atoms with Crippen molar-refractivity contribution in [1.29, 1.82) is 0 Å². The van der Waals surface area contributed by atoms with Crippen LogP contribution in [-0.4, -0.2) is 45.8 Å². The lowest BCUT2D eigenvalue weighted by atomic mass is 9.95. The van der Waals surface area contributed by atoms with E-state index in [0.29, 0.717) is 26.1 Å². The molecule has 1 aliphatic rings. The zero-order valence-electron chi connectivity index (χ0n) is 12.9. The Hall–Kier alpha value is -2.21. The summed E-state index contributed by atoms with van der Waals surface area (Å²) >= 11 is 0. The van der Waals surface area contributed by atoms with Crippen molar-refractivity contribution in [2.75, 3.05) is 20.3 Å². The average molecular weight is 300 g/mol. The molecule has 0 fully saturated rings. The van der Waals surface area contributed by atoms with Crippen LogP contribution in [0.15, 0.2) is 30.6 Å². The molecule has 1 unspecified atom stereocenters. The van der Waals surface area contributed by atoms with E-state index in [-0.39, 0.29) is 11.8 Å². The van der Waals surface area contributed by atoms with Gasteiger partial charge >= 0.3 is 0 Å². The molecule has 1 aliphatic heterocycles. The highest BCUT2D eigenvalue weighted by atomic mass is 16.5. The van der Waals surface area contributed by atoms with Gasteiger partial charge in [0.25, 0.3) is 0 Å². The number of pyridine rings is 1. The molecule has 0 spiro atoms. The van der Waals surface area contributed by atoms with Crippen molar-refractivity contribution in [3.05, 3.63) is 47.5 Å². The number of aromatic nitrogens is 3. The Bertz CT molecular complexity index is 653.